The highest BCUT2D eigenvalue weighted by atomic mass is 32.1. The molecule has 158 valence electrons. The van der Waals surface area contributed by atoms with Crippen molar-refractivity contribution in [1.82, 2.24) is 14.4 Å². The highest BCUT2D eigenvalue weighted by molar-refractivity contribution is 7.19. The molecule has 0 unspecified atom stereocenters. The Morgan fingerprint density at radius 2 is 1.83 bits per heavy atom. The summed E-state index contributed by atoms with van der Waals surface area (Å²) in [7, 11) is 0. The Balaban J connectivity index is 1.55. The molecule has 29 heavy (non-hydrogen) atoms. The molecule has 0 aromatic carbocycles. The fourth-order valence-corrected chi connectivity index (χ4v) is 5.98. The molecule has 2 fully saturated rings. The number of hydrogen-bond acceptors (Lipinski definition) is 4. The summed E-state index contributed by atoms with van der Waals surface area (Å²) in [5, 5.41) is 0.624. The molecular weight excluding hydrogens is 382 g/mol. The predicted molar refractivity (Wildman–Crippen MR) is 120 cm³/mol. The van der Waals surface area contributed by atoms with E-state index in [0.717, 1.165) is 35.5 Å². The number of piperidine rings is 2. The van der Waals surface area contributed by atoms with Gasteiger partial charge in [0.05, 0.1) is 10.9 Å². The molecule has 6 heteroatoms. The number of aromatic nitrogens is 1. The second kappa shape index (κ2) is 8.60. The lowest BCUT2D eigenvalue weighted by atomic mass is 9.99. The number of carbonyl (C=O) groups is 1. The van der Waals surface area contributed by atoms with E-state index >= 15 is 0 Å². The maximum atomic E-state index is 13.4. The van der Waals surface area contributed by atoms with Crippen LogP contribution in [0.1, 0.15) is 61.2 Å². The normalized spacial score (nSPS) is 19.4. The Bertz CT molecular complexity index is 931. The maximum absolute atomic E-state index is 13.4. The molecule has 0 aliphatic carbocycles. The van der Waals surface area contributed by atoms with Gasteiger partial charge in [-0.15, -0.1) is 11.3 Å². The summed E-state index contributed by atoms with van der Waals surface area (Å²) in [6.07, 6.45) is 7.93. The van der Waals surface area contributed by atoms with E-state index in [0.29, 0.717) is 29.5 Å². The van der Waals surface area contributed by atoms with Crippen molar-refractivity contribution in [3.8, 4) is 0 Å². The molecule has 5 nitrogen and oxygen atoms in total. The Hall–Kier alpha value is -1.66. The number of likely N-dealkylation sites (tertiary alicyclic amines) is 2. The standard InChI is InChI=1S/C23H33N3O2S/c1-16(2)15-26-14-9-19-21(23(26)28)20(17(3)29-19)22(27)25-12-7-18(8-13-25)24-10-5-4-6-11-24/h9,14,16,18H,4-8,10-13,15H2,1-3H3. The van der Waals surface area contributed by atoms with E-state index in [1.165, 1.54) is 32.4 Å². The summed E-state index contributed by atoms with van der Waals surface area (Å²) < 4.78 is 2.69. The minimum Gasteiger partial charge on any atom is -0.338 e. The molecule has 0 spiro atoms. The molecule has 0 saturated carbocycles. The van der Waals surface area contributed by atoms with Gasteiger partial charge in [0.15, 0.2) is 0 Å². The third kappa shape index (κ3) is 4.15. The van der Waals surface area contributed by atoms with E-state index in [1.807, 2.05) is 24.1 Å². The van der Waals surface area contributed by atoms with E-state index in [4.69, 9.17) is 0 Å². The molecule has 2 aromatic heterocycles. The van der Waals surface area contributed by atoms with Crippen molar-refractivity contribution in [2.45, 2.75) is 65.5 Å². The fraction of sp³-hybridized carbons (Fsp3) is 0.652. The van der Waals surface area contributed by atoms with Gasteiger partial charge in [0.2, 0.25) is 0 Å². The Labute approximate surface area is 177 Å². The SMILES string of the molecule is Cc1sc2ccn(CC(C)C)c(=O)c2c1C(=O)N1CCC(N2CCCCC2)CC1. The van der Waals surface area contributed by atoms with Gasteiger partial charge in [-0.25, -0.2) is 0 Å². The molecule has 1 amide bonds. The lowest BCUT2D eigenvalue weighted by molar-refractivity contribution is 0.0591. The zero-order valence-electron chi connectivity index (χ0n) is 17.9. The molecule has 0 bridgehead atoms. The lowest BCUT2D eigenvalue weighted by Gasteiger charge is -2.40. The van der Waals surface area contributed by atoms with Crippen molar-refractivity contribution in [1.29, 1.82) is 0 Å². The Morgan fingerprint density at radius 1 is 1.14 bits per heavy atom. The van der Waals surface area contributed by atoms with Crippen molar-refractivity contribution < 1.29 is 4.79 Å². The van der Waals surface area contributed by atoms with Gasteiger partial charge in [0.1, 0.15) is 0 Å². The predicted octanol–water partition coefficient (Wildman–Crippen LogP) is 4.12. The second-order valence-electron chi connectivity index (χ2n) is 9.06. The van der Waals surface area contributed by atoms with Gasteiger partial charge in [-0.2, -0.15) is 0 Å². The quantitative estimate of drug-likeness (QED) is 0.755. The number of rotatable bonds is 4. The van der Waals surface area contributed by atoms with Gasteiger partial charge in [0, 0.05) is 41.5 Å². The van der Waals surface area contributed by atoms with Crippen molar-refractivity contribution in [3.63, 3.8) is 0 Å². The highest BCUT2D eigenvalue weighted by Crippen LogP contribution is 2.31. The van der Waals surface area contributed by atoms with Crippen molar-refractivity contribution in [2.24, 2.45) is 5.92 Å². The molecule has 4 rings (SSSR count). The zero-order chi connectivity index (χ0) is 20.5. The number of thiophene rings is 1. The van der Waals surface area contributed by atoms with Crippen LogP contribution in [0.4, 0.5) is 0 Å². The topological polar surface area (TPSA) is 45.6 Å². The smallest absolute Gasteiger partial charge is 0.260 e. The van der Waals surface area contributed by atoms with E-state index < -0.39 is 0 Å². The minimum atomic E-state index is -0.0212. The summed E-state index contributed by atoms with van der Waals surface area (Å²) in [6, 6.07) is 2.61. The van der Waals surface area contributed by atoms with Gasteiger partial charge in [-0.05, 0) is 57.7 Å². The van der Waals surface area contributed by atoms with Crippen LogP contribution in [0, 0.1) is 12.8 Å². The van der Waals surface area contributed by atoms with Crippen LogP contribution in [0.5, 0.6) is 0 Å². The van der Waals surface area contributed by atoms with Crippen LogP contribution in [0.25, 0.3) is 10.1 Å². The highest BCUT2D eigenvalue weighted by Gasteiger charge is 2.30. The van der Waals surface area contributed by atoms with E-state index in [1.54, 1.807) is 15.9 Å². The van der Waals surface area contributed by atoms with Crippen LogP contribution in [0.3, 0.4) is 0 Å². The van der Waals surface area contributed by atoms with Gasteiger partial charge < -0.3 is 14.4 Å². The van der Waals surface area contributed by atoms with Crippen LogP contribution >= 0.6 is 11.3 Å². The molecule has 0 radical (unpaired) electrons. The molecule has 2 aromatic rings. The third-order valence-electron chi connectivity index (χ3n) is 6.43. The first-order chi connectivity index (χ1) is 14.0. The van der Waals surface area contributed by atoms with Gasteiger partial charge >= 0.3 is 0 Å². The van der Waals surface area contributed by atoms with Crippen LogP contribution < -0.4 is 5.56 Å². The fourth-order valence-electron chi connectivity index (χ4n) is 4.94. The lowest BCUT2D eigenvalue weighted by Crippen LogP contribution is -2.48. The Morgan fingerprint density at radius 3 is 2.48 bits per heavy atom. The number of aryl methyl sites for hydroxylation is 1. The van der Waals surface area contributed by atoms with E-state index in [2.05, 4.69) is 18.7 Å². The maximum Gasteiger partial charge on any atom is 0.260 e. The molecule has 0 N–H and O–H groups in total. The summed E-state index contributed by atoms with van der Waals surface area (Å²) in [5.74, 6) is 0.433. The minimum absolute atomic E-state index is 0.0212. The zero-order valence-corrected chi connectivity index (χ0v) is 18.8. The average Bonchev–Trinajstić information content (AvgIpc) is 3.07. The van der Waals surface area contributed by atoms with Crippen LogP contribution in [0.2, 0.25) is 0 Å². The Kier molecular flexibility index (Phi) is 6.11. The summed E-state index contributed by atoms with van der Waals surface area (Å²) in [6.45, 7) is 10.9. The van der Waals surface area contributed by atoms with Crippen molar-refractivity contribution in [3.05, 3.63) is 33.1 Å². The number of hydrogen-bond donors (Lipinski definition) is 0. The van der Waals surface area contributed by atoms with Gasteiger partial charge in [-0.3, -0.25) is 9.59 Å². The first-order valence-electron chi connectivity index (χ1n) is 11.1. The monoisotopic (exact) mass is 415 g/mol. The number of pyridine rings is 1. The van der Waals surface area contributed by atoms with Crippen LogP contribution in [-0.2, 0) is 6.54 Å². The van der Waals surface area contributed by atoms with Gasteiger partial charge in [0.25, 0.3) is 11.5 Å². The summed E-state index contributed by atoms with van der Waals surface area (Å²) in [5.41, 5.74) is 0.622. The van der Waals surface area contributed by atoms with Crippen LogP contribution in [0.15, 0.2) is 17.1 Å². The summed E-state index contributed by atoms with van der Waals surface area (Å²) in [4.78, 5) is 32.1. The molecular formula is C23H33N3O2S. The molecule has 4 heterocycles. The van der Waals surface area contributed by atoms with Gasteiger partial charge in [-0.1, -0.05) is 20.3 Å². The number of carbonyl (C=O) groups excluding carboxylic acids is 1. The van der Waals surface area contributed by atoms with E-state index in [9.17, 15) is 9.59 Å². The molecule has 0 atom stereocenters. The summed E-state index contributed by atoms with van der Waals surface area (Å²) >= 11 is 1.57. The molecule has 2 aliphatic rings. The second-order valence-corrected chi connectivity index (χ2v) is 10.3. The number of fused-ring (bicyclic) bond motifs is 1. The van der Waals surface area contributed by atoms with Crippen molar-refractivity contribution >= 4 is 27.3 Å². The van der Waals surface area contributed by atoms with Crippen molar-refractivity contribution in [2.75, 3.05) is 26.2 Å². The molecule has 2 aliphatic heterocycles. The van der Waals surface area contributed by atoms with E-state index in [-0.39, 0.29) is 11.5 Å². The third-order valence-corrected chi connectivity index (χ3v) is 7.50. The van der Waals surface area contributed by atoms with Crippen LogP contribution in [-0.4, -0.2) is 52.5 Å². The number of nitrogens with zero attached hydrogens (tertiary/aromatic N) is 3. The largest absolute Gasteiger partial charge is 0.338 e. The first kappa shape index (κ1) is 20.6. The number of amides is 1. The molecule has 2 saturated heterocycles. The average molecular weight is 416 g/mol. The first-order valence-corrected chi connectivity index (χ1v) is 11.9.